The Hall–Kier alpha value is -4.63. The molecule has 168 valence electrons. The van der Waals surface area contributed by atoms with Crippen molar-refractivity contribution in [2.24, 2.45) is 7.05 Å². The SMILES string of the molecule is C#CC(=O)NC1CCN(c2ccc(-c3cc(-c4cnn(C)c4)cn4ncc(C#N)c34)cn2)CC1. The molecule has 1 aliphatic heterocycles. The predicted molar refractivity (Wildman–Crippen MR) is 128 cm³/mol. The number of nitriles is 1. The van der Waals surface area contributed by atoms with E-state index in [2.05, 4.69) is 32.4 Å². The highest BCUT2D eigenvalue weighted by Gasteiger charge is 2.21. The first-order valence-electron chi connectivity index (χ1n) is 10.9. The van der Waals surface area contributed by atoms with Crippen LogP contribution in [-0.2, 0) is 11.8 Å². The number of hydrogen-bond donors (Lipinski definition) is 1. The number of aryl methyl sites for hydroxylation is 1. The number of nitrogens with one attached hydrogen (secondary N) is 1. The Bertz CT molecular complexity index is 1440. The molecule has 0 saturated carbocycles. The molecule has 9 heteroatoms. The summed E-state index contributed by atoms with van der Waals surface area (Å²) in [6.07, 6.45) is 15.8. The minimum Gasteiger partial charge on any atom is -0.356 e. The van der Waals surface area contributed by atoms with E-state index in [4.69, 9.17) is 11.4 Å². The number of carbonyl (C=O) groups excluding carboxylic acids is 1. The molecule has 0 aromatic carbocycles. The third-order valence-corrected chi connectivity index (χ3v) is 6.11. The zero-order chi connectivity index (χ0) is 23.7. The summed E-state index contributed by atoms with van der Waals surface area (Å²) in [5.74, 6) is 2.61. The van der Waals surface area contributed by atoms with E-state index in [-0.39, 0.29) is 11.9 Å². The van der Waals surface area contributed by atoms with E-state index in [0.29, 0.717) is 5.56 Å². The van der Waals surface area contributed by atoms with Crippen LogP contribution in [0.25, 0.3) is 27.8 Å². The van der Waals surface area contributed by atoms with Gasteiger partial charge in [-0.2, -0.15) is 15.5 Å². The Morgan fingerprint density at radius 1 is 1.12 bits per heavy atom. The second kappa shape index (κ2) is 8.72. The minimum atomic E-state index is -0.364. The molecule has 0 atom stereocenters. The average Bonchev–Trinajstić information content (AvgIpc) is 3.50. The quantitative estimate of drug-likeness (QED) is 0.479. The van der Waals surface area contributed by atoms with Gasteiger partial charge < -0.3 is 10.2 Å². The van der Waals surface area contributed by atoms with Crippen LogP contribution >= 0.6 is 0 Å². The predicted octanol–water partition coefficient (Wildman–Crippen LogP) is 2.39. The van der Waals surface area contributed by atoms with Crippen molar-refractivity contribution >= 4 is 17.2 Å². The maximum atomic E-state index is 11.4. The molecule has 0 radical (unpaired) electrons. The Balaban J connectivity index is 1.44. The van der Waals surface area contributed by atoms with Crippen LogP contribution in [0.1, 0.15) is 18.4 Å². The number of carbonyl (C=O) groups is 1. The monoisotopic (exact) mass is 450 g/mol. The molecule has 0 spiro atoms. The third-order valence-electron chi connectivity index (χ3n) is 6.11. The number of aromatic nitrogens is 5. The largest absolute Gasteiger partial charge is 0.356 e. The van der Waals surface area contributed by atoms with E-state index >= 15 is 0 Å². The molecule has 1 fully saturated rings. The molecule has 5 rings (SSSR count). The van der Waals surface area contributed by atoms with Crippen LogP contribution in [0.3, 0.4) is 0 Å². The van der Waals surface area contributed by atoms with Gasteiger partial charge in [-0.25, -0.2) is 9.50 Å². The van der Waals surface area contributed by atoms with Gasteiger partial charge in [-0.1, -0.05) is 0 Å². The van der Waals surface area contributed by atoms with Gasteiger partial charge in [-0.05, 0) is 37.0 Å². The summed E-state index contributed by atoms with van der Waals surface area (Å²) < 4.78 is 3.49. The van der Waals surface area contributed by atoms with Gasteiger partial charge in [0.2, 0.25) is 0 Å². The molecule has 4 aromatic rings. The van der Waals surface area contributed by atoms with E-state index in [1.54, 1.807) is 21.6 Å². The number of anilines is 1. The van der Waals surface area contributed by atoms with Crippen molar-refractivity contribution in [1.29, 1.82) is 5.26 Å². The van der Waals surface area contributed by atoms with Crippen molar-refractivity contribution in [3.8, 4) is 40.7 Å². The lowest BCUT2D eigenvalue weighted by Gasteiger charge is -2.32. The van der Waals surface area contributed by atoms with E-state index in [0.717, 1.165) is 59.5 Å². The van der Waals surface area contributed by atoms with Crippen molar-refractivity contribution in [2.45, 2.75) is 18.9 Å². The van der Waals surface area contributed by atoms with Crippen LogP contribution in [0.4, 0.5) is 5.82 Å². The molecular formula is C25H22N8O. The first-order chi connectivity index (χ1) is 16.6. The summed E-state index contributed by atoms with van der Waals surface area (Å²) in [5.41, 5.74) is 4.94. The van der Waals surface area contributed by atoms with Crippen molar-refractivity contribution in [1.82, 2.24) is 29.7 Å². The van der Waals surface area contributed by atoms with Gasteiger partial charge >= 0.3 is 0 Å². The Morgan fingerprint density at radius 3 is 2.59 bits per heavy atom. The molecule has 0 aliphatic carbocycles. The topological polar surface area (TPSA) is 104 Å². The van der Waals surface area contributed by atoms with E-state index in [1.165, 1.54) is 0 Å². The number of amides is 1. The lowest BCUT2D eigenvalue weighted by atomic mass is 10.0. The van der Waals surface area contributed by atoms with Crippen LogP contribution in [0.15, 0.2) is 49.2 Å². The number of piperidine rings is 1. The second-order valence-electron chi connectivity index (χ2n) is 8.29. The summed E-state index contributed by atoms with van der Waals surface area (Å²) in [4.78, 5) is 18.3. The van der Waals surface area contributed by atoms with Crippen LogP contribution in [0, 0.1) is 23.7 Å². The first kappa shape index (κ1) is 21.2. The van der Waals surface area contributed by atoms with Crippen molar-refractivity contribution in [3.05, 3.63) is 54.7 Å². The van der Waals surface area contributed by atoms with Crippen LogP contribution < -0.4 is 10.2 Å². The zero-order valence-electron chi connectivity index (χ0n) is 18.6. The van der Waals surface area contributed by atoms with E-state index in [1.807, 2.05) is 43.8 Å². The highest BCUT2D eigenvalue weighted by Crippen LogP contribution is 2.32. The van der Waals surface area contributed by atoms with E-state index < -0.39 is 0 Å². The minimum absolute atomic E-state index is 0.0915. The van der Waals surface area contributed by atoms with Gasteiger partial charge in [0.25, 0.3) is 5.91 Å². The molecule has 0 unspecified atom stereocenters. The smallest absolute Gasteiger partial charge is 0.295 e. The molecule has 34 heavy (non-hydrogen) atoms. The fraction of sp³-hybridized carbons (Fsp3) is 0.240. The molecule has 1 N–H and O–H groups in total. The van der Waals surface area contributed by atoms with Crippen LogP contribution in [0.2, 0.25) is 0 Å². The van der Waals surface area contributed by atoms with Gasteiger partial charge in [0.1, 0.15) is 11.9 Å². The highest BCUT2D eigenvalue weighted by molar-refractivity contribution is 5.93. The second-order valence-corrected chi connectivity index (χ2v) is 8.29. The lowest BCUT2D eigenvalue weighted by Crippen LogP contribution is -2.44. The molecule has 1 aliphatic rings. The summed E-state index contributed by atoms with van der Waals surface area (Å²) in [6.45, 7) is 1.56. The molecule has 1 amide bonds. The lowest BCUT2D eigenvalue weighted by molar-refractivity contribution is -0.116. The van der Waals surface area contributed by atoms with Gasteiger partial charge in [0.05, 0.1) is 23.5 Å². The summed E-state index contributed by atoms with van der Waals surface area (Å²) in [5, 5.41) is 21.1. The standard InChI is InChI=1S/C25H22N8O/c1-3-24(34)30-21-6-8-32(9-7-21)23-5-4-17(12-27-23)22-10-18(20-14-28-31(2)15-20)16-33-25(22)19(11-26)13-29-33/h1,4-5,10,12-16,21H,6-9H2,2H3,(H,30,34). The summed E-state index contributed by atoms with van der Waals surface area (Å²) >= 11 is 0. The summed E-state index contributed by atoms with van der Waals surface area (Å²) in [7, 11) is 1.87. The Labute approximate surface area is 196 Å². The Morgan fingerprint density at radius 2 is 1.94 bits per heavy atom. The third kappa shape index (κ3) is 3.96. The Kier molecular flexibility index (Phi) is 5.44. The maximum Gasteiger partial charge on any atom is 0.295 e. The number of nitrogens with zero attached hydrogens (tertiary/aromatic N) is 7. The number of fused-ring (bicyclic) bond motifs is 1. The number of rotatable bonds is 4. The molecule has 4 aromatic heterocycles. The number of terminal acetylenes is 1. The first-order valence-corrected chi connectivity index (χ1v) is 10.9. The normalized spacial score (nSPS) is 14.0. The number of pyridine rings is 2. The van der Waals surface area contributed by atoms with Crippen molar-refractivity contribution < 1.29 is 4.79 Å². The van der Waals surface area contributed by atoms with Crippen molar-refractivity contribution in [2.75, 3.05) is 18.0 Å². The van der Waals surface area contributed by atoms with Gasteiger partial charge in [-0.3, -0.25) is 9.48 Å². The highest BCUT2D eigenvalue weighted by atomic mass is 16.1. The maximum absolute atomic E-state index is 11.4. The van der Waals surface area contributed by atoms with Crippen LogP contribution in [0.5, 0.6) is 0 Å². The summed E-state index contributed by atoms with van der Waals surface area (Å²) in [6, 6.07) is 8.39. The molecule has 1 saturated heterocycles. The number of hydrogen-bond acceptors (Lipinski definition) is 6. The average molecular weight is 451 g/mol. The van der Waals surface area contributed by atoms with Gasteiger partial charge in [0, 0.05) is 67.0 Å². The fourth-order valence-corrected chi connectivity index (χ4v) is 4.36. The zero-order valence-corrected chi connectivity index (χ0v) is 18.6. The van der Waals surface area contributed by atoms with E-state index in [9.17, 15) is 10.1 Å². The van der Waals surface area contributed by atoms with Gasteiger partial charge in [0.15, 0.2) is 0 Å². The molecule has 9 nitrogen and oxygen atoms in total. The van der Waals surface area contributed by atoms with Gasteiger partial charge in [-0.15, -0.1) is 6.42 Å². The molecule has 5 heterocycles. The fourth-order valence-electron chi connectivity index (χ4n) is 4.36. The molecular weight excluding hydrogens is 428 g/mol. The van der Waals surface area contributed by atoms with Crippen molar-refractivity contribution in [3.63, 3.8) is 0 Å². The van der Waals surface area contributed by atoms with Crippen LogP contribution in [-0.4, -0.2) is 49.4 Å². The molecule has 0 bridgehead atoms.